The molecule has 0 aliphatic carbocycles. The first-order valence-corrected chi connectivity index (χ1v) is 5.23. The van der Waals surface area contributed by atoms with Gasteiger partial charge in [0.15, 0.2) is 0 Å². The molecule has 1 aromatic rings. The van der Waals surface area contributed by atoms with Crippen molar-refractivity contribution in [1.82, 2.24) is 5.32 Å². The van der Waals surface area contributed by atoms with Gasteiger partial charge in [0.25, 0.3) is 0 Å². The number of nitrogens with one attached hydrogen (secondary N) is 2. The van der Waals surface area contributed by atoms with Crippen LogP contribution in [-0.4, -0.2) is 23.7 Å². The van der Waals surface area contributed by atoms with E-state index in [0.717, 1.165) is 12.1 Å². The van der Waals surface area contributed by atoms with Gasteiger partial charge in [0.05, 0.1) is 0 Å². The third-order valence-corrected chi connectivity index (χ3v) is 2.06. The number of amides is 2. The predicted octanol–water partition coefficient (Wildman–Crippen LogP) is 2.36. The van der Waals surface area contributed by atoms with Gasteiger partial charge in [-0.05, 0) is 19.1 Å². The zero-order valence-electron chi connectivity index (χ0n) is 10.1. The monoisotopic (exact) mass is 270 g/mol. The largest absolute Gasteiger partial charge is 0.477 e. The second kappa shape index (κ2) is 5.94. The maximum absolute atomic E-state index is 13.3. The normalized spacial score (nSPS) is 9.84. The Labute approximate surface area is 107 Å². The van der Waals surface area contributed by atoms with E-state index in [4.69, 9.17) is 5.11 Å². The van der Waals surface area contributed by atoms with Crippen molar-refractivity contribution in [3.05, 3.63) is 41.5 Å². The number of hydrogen-bond acceptors (Lipinski definition) is 2. The van der Waals surface area contributed by atoms with Gasteiger partial charge in [-0.3, -0.25) is 0 Å². The highest BCUT2D eigenvalue weighted by molar-refractivity contribution is 5.92. The molecule has 0 atom stereocenters. The Bertz CT molecular complexity index is 521. The smallest absolute Gasteiger partial charge is 0.341 e. The van der Waals surface area contributed by atoms with Crippen LogP contribution in [0.1, 0.15) is 17.3 Å². The summed E-state index contributed by atoms with van der Waals surface area (Å²) in [6.45, 7) is 5.47. The highest BCUT2D eigenvalue weighted by atomic mass is 19.1. The van der Waals surface area contributed by atoms with Crippen LogP contribution in [0, 0.1) is 11.6 Å². The molecule has 0 spiro atoms. The minimum absolute atomic E-state index is 0.181. The Hall–Kier alpha value is -2.44. The van der Waals surface area contributed by atoms with E-state index in [-0.39, 0.29) is 12.2 Å². The van der Waals surface area contributed by atoms with Gasteiger partial charge in [-0.1, -0.05) is 12.2 Å². The molecule has 0 aromatic heterocycles. The lowest BCUT2D eigenvalue weighted by molar-refractivity contribution is 0.0686. The lowest BCUT2D eigenvalue weighted by atomic mass is 10.2. The quantitative estimate of drug-likeness (QED) is 0.735. The number of rotatable bonds is 4. The van der Waals surface area contributed by atoms with E-state index in [9.17, 15) is 18.4 Å². The van der Waals surface area contributed by atoms with Gasteiger partial charge in [0, 0.05) is 12.2 Å². The minimum Gasteiger partial charge on any atom is -0.477 e. The van der Waals surface area contributed by atoms with Crippen molar-refractivity contribution in [2.75, 3.05) is 11.9 Å². The van der Waals surface area contributed by atoms with Crippen molar-refractivity contribution in [1.29, 1.82) is 0 Å². The Morgan fingerprint density at radius 2 is 1.84 bits per heavy atom. The van der Waals surface area contributed by atoms with Crippen molar-refractivity contribution in [3.63, 3.8) is 0 Å². The van der Waals surface area contributed by atoms with Crippen LogP contribution in [0.25, 0.3) is 0 Å². The summed E-state index contributed by atoms with van der Waals surface area (Å²) in [7, 11) is 0. The lowest BCUT2D eigenvalue weighted by Gasteiger charge is -2.08. The van der Waals surface area contributed by atoms with Crippen LogP contribution in [0.5, 0.6) is 0 Å². The summed E-state index contributed by atoms with van der Waals surface area (Å²) in [5.41, 5.74) is -0.541. The van der Waals surface area contributed by atoms with Gasteiger partial charge in [-0.15, -0.1) is 0 Å². The Morgan fingerprint density at radius 3 is 2.26 bits per heavy atom. The Morgan fingerprint density at radius 1 is 1.32 bits per heavy atom. The van der Waals surface area contributed by atoms with E-state index in [2.05, 4.69) is 17.2 Å². The molecular weight excluding hydrogens is 258 g/mol. The van der Waals surface area contributed by atoms with Gasteiger partial charge in [0.1, 0.15) is 17.2 Å². The number of urea groups is 1. The van der Waals surface area contributed by atoms with Gasteiger partial charge >= 0.3 is 12.0 Å². The number of carboxylic acids is 1. The average molecular weight is 270 g/mol. The van der Waals surface area contributed by atoms with Crippen LogP contribution in [0.4, 0.5) is 19.3 Å². The summed E-state index contributed by atoms with van der Waals surface area (Å²) in [6, 6.07) is 0.782. The third-order valence-electron chi connectivity index (χ3n) is 2.06. The van der Waals surface area contributed by atoms with Crippen LogP contribution < -0.4 is 10.6 Å². The summed E-state index contributed by atoms with van der Waals surface area (Å²) in [6.07, 6.45) is 0. The molecule has 5 nitrogen and oxygen atoms in total. The van der Waals surface area contributed by atoms with E-state index >= 15 is 0 Å². The van der Waals surface area contributed by atoms with Gasteiger partial charge in [0.2, 0.25) is 0 Å². The van der Waals surface area contributed by atoms with Crippen molar-refractivity contribution in [3.8, 4) is 0 Å². The second-order valence-corrected chi connectivity index (χ2v) is 3.88. The van der Waals surface area contributed by atoms with Crippen molar-refractivity contribution >= 4 is 17.7 Å². The fourth-order valence-electron chi connectivity index (χ4n) is 1.26. The zero-order chi connectivity index (χ0) is 14.6. The molecule has 1 rings (SSSR count). The van der Waals surface area contributed by atoms with Gasteiger partial charge < -0.3 is 15.7 Å². The molecule has 1 aromatic carbocycles. The summed E-state index contributed by atoms with van der Waals surface area (Å²) in [5, 5.41) is 13.2. The van der Waals surface area contributed by atoms with Gasteiger partial charge in [-0.2, -0.15) is 0 Å². The molecule has 102 valence electrons. The molecule has 3 N–H and O–H groups in total. The summed E-state index contributed by atoms with van der Waals surface area (Å²) in [4.78, 5) is 21.9. The lowest BCUT2D eigenvalue weighted by Crippen LogP contribution is -2.30. The number of aromatic carboxylic acids is 1. The van der Waals surface area contributed by atoms with E-state index in [1.165, 1.54) is 0 Å². The molecule has 0 aliphatic heterocycles. The number of carboxylic acid groups (broad SMARTS) is 1. The zero-order valence-corrected chi connectivity index (χ0v) is 10.1. The van der Waals surface area contributed by atoms with E-state index in [1.807, 2.05) is 0 Å². The first-order valence-electron chi connectivity index (χ1n) is 5.23. The number of carbonyl (C=O) groups is 2. The fraction of sp³-hybridized carbons (Fsp3) is 0.167. The van der Waals surface area contributed by atoms with E-state index < -0.39 is 29.2 Å². The van der Waals surface area contributed by atoms with Crippen LogP contribution >= 0.6 is 0 Å². The Kier molecular flexibility index (Phi) is 4.57. The molecule has 0 aliphatic rings. The summed E-state index contributed by atoms with van der Waals surface area (Å²) < 4.78 is 26.6. The van der Waals surface area contributed by atoms with Crippen LogP contribution in [0.3, 0.4) is 0 Å². The highest BCUT2D eigenvalue weighted by Crippen LogP contribution is 2.18. The van der Waals surface area contributed by atoms with Crippen LogP contribution in [0.15, 0.2) is 24.3 Å². The molecule has 0 saturated carbocycles. The summed E-state index contributed by atoms with van der Waals surface area (Å²) >= 11 is 0. The number of benzene rings is 1. The predicted molar refractivity (Wildman–Crippen MR) is 65.2 cm³/mol. The number of hydrogen-bond donors (Lipinski definition) is 3. The highest BCUT2D eigenvalue weighted by Gasteiger charge is 2.18. The topological polar surface area (TPSA) is 78.4 Å². The molecule has 0 radical (unpaired) electrons. The van der Waals surface area contributed by atoms with E-state index in [0.29, 0.717) is 5.57 Å². The number of carbonyl (C=O) groups excluding carboxylic acids is 1. The Balaban J connectivity index is 2.84. The standard InChI is InChI=1S/C12H12F2N2O3/c1-6(2)5-15-12(19)16-7-3-8(13)10(11(17)18)9(14)4-7/h3-4H,1,5H2,2H3,(H,17,18)(H2,15,16,19). The SMILES string of the molecule is C=C(C)CNC(=O)Nc1cc(F)c(C(=O)O)c(F)c1. The molecule has 0 unspecified atom stereocenters. The molecule has 2 amide bonds. The third kappa shape index (κ3) is 4.06. The minimum atomic E-state index is -1.71. The van der Waals surface area contributed by atoms with Crippen LogP contribution in [0.2, 0.25) is 0 Å². The number of halogens is 2. The summed E-state index contributed by atoms with van der Waals surface area (Å²) in [5.74, 6) is -4.24. The van der Waals surface area contributed by atoms with Gasteiger partial charge in [-0.25, -0.2) is 18.4 Å². The molecule has 0 heterocycles. The number of anilines is 1. The fourth-order valence-corrected chi connectivity index (χ4v) is 1.26. The maximum atomic E-state index is 13.3. The molecular formula is C12H12F2N2O3. The molecule has 0 saturated heterocycles. The first kappa shape index (κ1) is 14.6. The van der Waals surface area contributed by atoms with Crippen LogP contribution in [-0.2, 0) is 0 Å². The first-order chi connectivity index (χ1) is 8.81. The van der Waals surface area contributed by atoms with Crippen molar-refractivity contribution in [2.45, 2.75) is 6.92 Å². The average Bonchev–Trinajstić information content (AvgIpc) is 2.24. The molecule has 19 heavy (non-hydrogen) atoms. The van der Waals surface area contributed by atoms with Crippen molar-refractivity contribution in [2.24, 2.45) is 0 Å². The van der Waals surface area contributed by atoms with E-state index in [1.54, 1.807) is 6.92 Å². The molecule has 0 fully saturated rings. The maximum Gasteiger partial charge on any atom is 0.341 e. The molecule has 7 heteroatoms. The molecule has 0 bridgehead atoms. The van der Waals surface area contributed by atoms with Crippen molar-refractivity contribution < 1.29 is 23.5 Å². The second-order valence-electron chi connectivity index (χ2n) is 3.88.